The van der Waals surface area contributed by atoms with Crippen molar-refractivity contribution in [2.45, 2.75) is 25.5 Å². The van der Waals surface area contributed by atoms with Crippen LogP contribution in [0.3, 0.4) is 0 Å². The third-order valence-corrected chi connectivity index (χ3v) is 6.30. The number of anilines is 1. The summed E-state index contributed by atoms with van der Waals surface area (Å²) in [7, 11) is 0. The van der Waals surface area contributed by atoms with Crippen molar-refractivity contribution in [3.05, 3.63) is 74.7 Å². The van der Waals surface area contributed by atoms with Crippen LogP contribution in [-0.4, -0.2) is 23.7 Å². The van der Waals surface area contributed by atoms with E-state index in [1.165, 1.54) is 16.7 Å². The van der Waals surface area contributed by atoms with E-state index in [-0.39, 0.29) is 18.1 Å². The van der Waals surface area contributed by atoms with Crippen LogP contribution in [0.2, 0.25) is 0 Å². The molecule has 3 rings (SSSR count). The molecule has 1 amide bonds. The van der Waals surface area contributed by atoms with Gasteiger partial charge >= 0.3 is 5.97 Å². The van der Waals surface area contributed by atoms with Gasteiger partial charge in [0.2, 0.25) is 5.91 Å². The molecule has 1 aliphatic rings. The van der Waals surface area contributed by atoms with E-state index in [2.05, 4.69) is 15.9 Å². The SMILES string of the molecule is CCOC(=O)/C(C#N)=C1\SC(Cc2ccccc2C)C(=O)N1c1ccc(Br)cc1. The fourth-order valence-electron chi connectivity index (χ4n) is 3.04. The Morgan fingerprint density at radius 1 is 1.24 bits per heavy atom. The van der Waals surface area contributed by atoms with E-state index in [1.807, 2.05) is 49.4 Å². The number of thioether (sulfide) groups is 1. The van der Waals surface area contributed by atoms with Gasteiger partial charge in [0.15, 0.2) is 5.57 Å². The number of ether oxygens (including phenoxy) is 1. The molecule has 1 saturated heterocycles. The van der Waals surface area contributed by atoms with Crippen molar-refractivity contribution in [2.75, 3.05) is 11.5 Å². The van der Waals surface area contributed by atoms with Gasteiger partial charge in [-0.1, -0.05) is 52.0 Å². The van der Waals surface area contributed by atoms with E-state index in [9.17, 15) is 14.9 Å². The minimum absolute atomic E-state index is 0.152. The Morgan fingerprint density at radius 2 is 1.93 bits per heavy atom. The summed E-state index contributed by atoms with van der Waals surface area (Å²) < 4.78 is 5.91. The fourth-order valence-corrected chi connectivity index (χ4v) is 4.59. The molecule has 0 bridgehead atoms. The number of amides is 1. The molecule has 1 heterocycles. The lowest BCUT2D eigenvalue weighted by Gasteiger charge is -2.18. The molecule has 29 heavy (non-hydrogen) atoms. The summed E-state index contributed by atoms with van der Waals surface area (Å²) >= 11 is 4.62. The number of aryl methyl sites for hydroxylation is 1. The Labute approximate surface area is 182 Å². The molecule has 1 aliphatic heterocycles. The first kappa shape index (κ1) is 21.2. The van der Waals surface area contributed by atoms with Gasteiger partial charge in [0.25, 0.3) is 0 Å². The maximum absolute atomic E-state index is 13.3. The molecule has 0 aliphatic carbocycles. The first-order valence-corrected chi connectivity index (χ1v) is 10.8. The van der Waals surface area contributed by atoms with E-state index in [0.717, 1.165) is 15.6 Å². The maximum atomic E-state index is 13.3. The number of nitriles is 1. The number of hydrogen-bond donors (Lipinski definition) is 0. The molecular formula is C22H19BrN2O3S. The van der Waals surface area contributed by atoms with Crippen molar-refractivity contribution < 1.29 is 14.3 Å². The highest BCUT2D eigenvalue weighted by molar-refractivity contribution is 9.10. The highest BCUT2D eigenvalue weighted by Crippen LogP contribution is 2.42. The summed E-state index contributed by atoms with van der Waals surface area (Å²) in [5.41, 5.74) is 2.61. The van der Waals surface area contributed by atoms with Crippen LogP contribution in [0.15, 0.2) is 63.6 Å². The van der Waals surface area contributed by atoms with E-state index in [4.69, 9.17) is 4.74 Å². The predicted molar refractivity (Wildman–Crippen MR) is 117 cm³/mol. The molecule has 148 valence electrons. The molecule has 2 aromatic rings. The quantitative estimate of drug-likeness (QED) is 0.358. The first-order chi connectivity index (χ1) is 14.0. The molecule has 2 aromatic carbocycles. The van der Waals surface area contributed by atoms with Crippen molar-refractivity contribution in [3.63, 3.8) is 0 Å². The Hall–Kier alpha value is -2.56. The largest absolute Gasteiger partial charge is 0.462 e. The fraction of sp³-hybridized carbons (Fsp3) is 0.227. The summed E-state index contributed by atoms with van der Waals surface area (Å²) in [6.07, 6.45) is 0.508. The average molecular weight is 471 g/mol. The molecule has 5 nitrogen and oxygen atoms in total. The average Bonchev–Trinajstić information content (AvgIpc) is 3.01. The van der Waals surface area contributed by atoms with Crippen LogP contribution in [0.1, 0.15) is 18.1 Å². The Balaban J connectivity index is 2.05. The number of rotatable bonds is 5. The van der Waals surface area contributed by atoms with Crippen molar-refractivity contribution >= 4 is 45.3 Å². The van der Waals surface area contributed by atoms with Crippen molar-refractivity contribution in [1.82, 2.24) is 0 Å². The van der Waals surface area contributed by atoms with Crippen LogP contribution in [-0.2, 0) is 20.7 Å². The molecule has 0 N–H and O–H groups in total. The van der Waals surface area contributed by atoms with Crippen molar-refractivity contribution in [3.8, 4) is 6.07 Å². The molecular weight excluding hydrogens is 452 g/mol. The van der Waals surface area contributed by atoms with Crippen LogP contribution in [0.25, 0.3) is 0 Å². The molecule has 0 saturated carbocycles. The van der Waals surface area contributed by atoms with Gasteiger partial charge in [0, 0.05) is 10.2 Å². The van der Waals surface area contributed by atoms with Crippen LogP contribution >= 0.6 is 27.7 Å². The zero-order valence-corrected chi connectivity index (χ0v) is 18.4. The number of carbonyl (C=O) groups excluding carboxylic acids is 2. The molecule has 0 aromatic heterocycles. The van der Waals surface area contributed by atoms with Gasteiger partial charge < -0.3 is 4.74 Å². The van der Waals surface area contributed by atoms with Gasteiger partial charge in [0.1, 0.15) is 11.1 Å². The summed E-state index contributed by atoms with van der Waals surface area (Å²) in [6, 6.07) is 17.0. The second kappa shape index (κ2) is 9.29. The second-order valence-corrected chi connectivity index (χ2v) is 8.51. The van der Waals surface area contributed by atoms with Gasteiger partial charge in [0.05, 0.1) is 11.9 Å². The third kappa shape index (κ3) is 4.55. The molecule has 0 radical (unpaired) electrons. The second-order valence-electron chi connectivity index (χ2n) is 6.40. The lowest BCUT2D eigenvalue weighted by molar-refractivity contribution is -0.138. The Bertz CT molecular complexity index is 1010. The van der Waals surface area contributed by atoms with Crippen molar-refractivity contribution in [2.24, 2.45) is 0 Å². The summed E-state index contributed by atoms with van der Waals surface area (Å²) in [6.45, 7) is 3.83. The number of nitrogens with zero attached hydrogens (tertiary/aromatic N) is 2. The lowest BCUT2D eigenvalue weighted by atomic mass is 10.0. The van der Waals surface area contributed by atoms with Crippen LogP contribution in [0, 0.1) is 18.3 Å². The number of carbonyl (C=O) groups is 2. The zero-order chi connectivity index (χ0) is 21.0. The number of benzene rings is 2. The predicted octanol–water partition coefficient (Wildman–Crippen LogP) is 4.75. The number of esters is 1. The summed E-state index contributed by atoms with van der Waals surface area (Å²) in [5, 5.41) is 9.51. The van der Waals surface area contributed by atoms with Crippen LogP contribution in [0.5, 0.6) is 0 Å². The summed E-state index contributed by atoms with van der Waals surface area (Å²) in [5.74, 6) is -0.878. The van der Waals surface area contributed by atoms with Gasteiger partial charge in [-0.25, -0.2) is 4.79 Å². The van der Waals surface area contributed by atoms with Gasteiger partial charge in [-0.05, 0) is 55.7 Å². The molecule has 0 spiro atoms. The number of hydrogen-bond acceptors (Lipinski definition) is 5. The third-order valence-electron chi connectivity index (χ3n) is 4.51. The Kier molecular flexibility index (Phi) is 6.78. The van der Waals surface area contributed by atoms with Gasteiger partial charge in [-0.15, -0.1) is 0 Å². The zero-order valence-electron chi connectivity index (χ0n) is 16.0. The van der Waals surface area contributed by atoms with Crippen LogP contribution in [0.4, 0.5) is 5.69 Å². The number of halogens is 1. The van der Waals surface area contributed by atoms with E-state index in [0.29, 0.717) is 17.1 Å². The van der Waals surface area contributed by atoms with Crippen LogP contribution < -0.4 is 4.90 Å². The van der Waals surface area contributed by atoms with Gasteiger partial charge in [-0.2, -0.15) is 5.26 Å². The highest BCUT2D eigenvalue weighted by Gasteiger charge is 2.41. The monoisotopic (exact) mass is 470 g/mol. The molecule has 1 unspecified atom stereocenters. The smallest absolute Gasteiger partial charge is 0.351 e. The highest BCUT2D eigenvalue weighted by atomic mass is 79.9. The maximum Gasteiger partial charge on any atom is 0.351 e. The standard InChI is InChI=1S/C22H19BrN2O3S/c1-3-28-22(27)18(13-24)21-25(17-10-8-16(23)9-11-17)20(26)19(29-21)12-15-7-5-4-6-14(15)2/h4-11,19H,3,12H2,1-2H3/b21-18-. The Morgan fingerprint density at radius 3 is 2.55 bits per heavy atom. The van der Waals surface area contributed by atoms with E-state index >= 15 is 0 Å². The van der Waals surface area contributed by atoms with E-state index in [1.54, 1.807) is 19.1 Å². The minimum atomic E-state index is -0.719. The topological polar surface area (TPSA) is 70.4 Å². The molecule has 1 fully saturated rings. The lowest BCUT2D eigenvalue weighted by Crippen LogP contribution is -2.30. The van der Waals surface area contributed by atoms with Crippen molar-refractivity contribution in [1.29, 1.82) is 5.26 Å². The first-order valence-electron chi connectivity index (χ1n) is 9.08. The minimum Gasteiger partial charge on any atom is -0.462 e. The molecule has 7 heteroatoms. The normalized spacial score (nSPS) is 17.8. The molecule has 1 atom stereocenters. The summed E-state index contributed by atoms with van der Waals surface area (Å²) in [4.78, 5) is 27.1. The van der Waals surface area contributed by atoms with Gasteiger partial charge in [-0.3, -0.25) is 9.69 Å². The van der Waals surface area contributed by atoms with E-state index < -0.39 is 11.2 Å².